The Morgan fingerprint density at radius 2 is 2.28 bits per heavy atom. The summed E-state index contributed by atoms with van der Waals surface area (Å²) in [7, 11) is 0. The van der Waals surface area contributed by atoms with Crippen LogP contribution in [0.3, 0.4) is 0 Å². The van der Waals surface area contributed by atoms with Crippen LogP contribution in [0.4, 0.5) is 0 Å². The molecular formula is C12H12BrN3O2. The lowest BCUT2D eigenvalue weighted by molar-refractivity contribution is 0.0696. The van der Waals surface area contributed by atoms with E-state index in [0.29, 0.717) is 5.82 Å². The lowest BCUT2D eigenvalue weighted by Gasteiger charge is -2.06. The van der Waals surface area contributed by atoms with Crippen molar-refractivity contribution >= 4 is 21.9 Å². The van der Waals surface area contributed by atoms with E-state index in [9.17, 15) is 4.79 Å². The third-order valence-electron chi connectivity index (χ3n) is 2.40. The van der Waals surface area contributed by atoms with E-state index in [2.05, 4.69) is 26.0 Å². The Balaban J connectivity index is 2.49. The van der Waals surface area contributed by atoms with Gasteiger partial charge in [-0.15, -0.1) is 0 Å². The van der Waals surface area contributed by atoms with Gasteiger partial charge in [-0.05, 0) is 34.5 Å². The molecule has 0 radical (unpaired) electrons. The second-order valence-electron chi connectivity index (χ2n) is 3.86. The Morgan fingerprint density at radius 3 is 2.83 bits per heavy atom. The summed E-state index contributed by atoms with van der Waals surface area (Å²) < 4.78 is 2.37. The molecule has 0 aliphatic heterocycles. The molecule has 18 heavy (non-hydrogen) atoms. The van der Waals surface area contributed by atoms with E-state index in [4.69, 9.17) is 5.11 Å². The predicted octanol–water partition coefficient (Wildman–Crippen LogP) is 2.68. The number of pyridine rings is 1. The molecule has 0 saturated heterocycles. The van der Waals surface area contributed by atoms with E-state index in [0.717, 1.165) is 23.0 Å². The second kappa shape index (κ2) is 5.30. The summed E-state index contributed by atoms with van der Waals surface area (Å²) in [6, 6.07) is 3.12. The number of halogens is 1. The summed E-state index contributed by atoms with van der Waals surface area (Å²) in [5.41, 5.74) is 0.995. The molecule has 5 nitrogen and oxygen atoms in total. The average Bonchev–Trinajstić information content (AvgIpc) is 2.76. The first-order valence-corrected chi connectivity index (χ1v) is 6.34. The second-order valence-corrected chi connectivity index (χ2v) is 4.78. The van der Waals surface area contributed by atoms with Crippen LogP contribution in [0.1, 0.15) is 29.4 Å². The minimum atomic E-state index is -0.956. The maximum Gasteiger partial charge on any atom is 0.335 e. The Hall–Kier alpha value is -1.69. The fourth-order valence-electron chi connectivity index (χ4n) is 1.62. The van der Waals surface area contributed by atoms with Gasteiger partial charge in [-0.25, -0.2) is 14.5 Å². The van der Waals surface area contributed by atoms with Crippen LogP contribution < -0.4 is 0 Å². The van der Waals surface area contributed by atoms with Gasteiger partial charge in [0.05, 0.1) is 16.2 Å². The highest BCUT2D eigenvalue weighted by molar-refractivity contribution is 9.10. The number of hydrogen-bond acceptors (Lipinski definition) is 3. The van der Waals surface area contributed by atoms with Crippen LogP contribution in [-0.4, -0.2) is 25.8 Å². The minimum Gasteiger partial charge on any atom is -0.478 e. The van der Waals surface area contributed by atoms with Crippen LogP contribution in [0.2, 0.25) is 0 Å². The van der Waals surface area contributed by atoms with Crippen molar-refractivity contribution in [2.75, 3.05) is 0 Å². The number of nitrogens with zero attached hydrogens (tertiary/aromatic N) is 3. The molecule has 0 aromatic carbocycles. The number of carboxylic acid groups (broad SMARTS) is 1. The topological polar surface area (TPSA) is 68.0 Å². The van der Waals surface area contributed by atoms with Gasteiger partial charge in [0.25, 0.3) is 0 Å². The fourth-order valence-corrected chi connectivity index (χ4v) is 1.91. The zero-order valence-electron chi connectivity index (χ0n) is 9.80. The maximum atomic E-state index is 11.1. The van der Waals surface area contributed by atoms with Crippen molar-refractivity contribution in [2.24, 2.45) is 0 Å². The van der Waals surface area contributed by atoms with Crippen molar-refractivity contribution in [1.29, 1.82) is 0 Å². The molecule has 2 heterocycles. The Kier molecular flexibility index (Phi) is 3.76. The van der Waals surface area contributed by atoms with Gasteiger partial charge in [-0.1, -0.05) is 13.3 Å². The fraction of sp³-hybridized carbons (Fsp3) is 0.250. The summed E-state index contributed by atoms with van der Waals surface area (Å²) in [6.07, 6.45) is 5.03. The number of carbonyl (C=O) groups is 1. The van der Waals surface area contributed by atoms with E-state index in [-0.39, 0.29) is 5.56 Å². The third-order valence-corrected chi connectivity index (χ3v) is 2.81. The molecule has 0 bridgehead atoms. The van der Waals surface area contributed by atoms with E-state index in [1.54, 1.807) is 23.1 Å². The van der Waals surface area contributed by atoms with Crippen molar-refractivity contribution in [1.82, 2.24) is 14.8 Å². The zero-order chi connectivity index (χ0) is 13.1. The highest BCUT2D eigenvalue weighted by Crippen LogP contribution is 2.14. The van der Waals surface area contributed by atoms with Gasteiger partial charge in [-0.2, -0.15) is 5.10 Å². The molecule has 2 aromatic heterocycles. The first-order valence-electron chi connectivity index (χ1n) is 5.55. The van der Waals surface area contributed by atoms with E-state index in [1.807, 2.05) is 6.92 Å². The summed E-state index contributed by atoms with van der Waals surface area (Å²) in [5, 5.41) is 13.2. The quantitative estimate of drug-likeness (QED) is 0.943. The van der Waals surface area contributed by atoms with Crippen molar-refractivity contribution in [3.63, 3.8) is 0 Å². The predicted molar refractivity (Wildman–Crippen MR) is 70.0 cm³/mol. The lowest BCUT2D eigenvalue weighted by Crippen LogP contribution is -2.06. The van der Waals surface area contributed by atoms with Gasteiger partial charge in [-0.3, -0.25) is 0 Å². The standard InChI is InChI=1S/C12H12BrN3O2/c1-2-3-10-4-8(12(17)18)5-11(15-10)16-7-9(13)6-14-16/h4-7H,2-3H2,1H3,(H,17,18). The number of aromatic nitrogens is 3. The molecule has 0 aliphatic rings. The van der Waals surface area contributed by atoms with Crippen LogP contribution in [0.5, 0.6) is 0 Å². The highest BCUT2D eigenvalue weighted by atomic mass is 79.9. The van der Waals surface area contributed by atoms with Gasteiger partial charge in [0.1, 0.15) is 0 Å². The number of rotatable bonds is 4. The molecule has 6 heteroatoms. The smallest absolute Gasteiger partial charge is 0.335 e. The summed E-state index contributed by atoms with van der Waals surface area (Å²) >= 11 is 3.30. The first kappa shape index (κ1) is 12.8. The number of aryl methyl sites for hydroxylation is 1. The SMILES string of the molecule is CCCc1cc(C(=O)O)cc(-n2cc(Br)cn2)n1. The lowest BCUT2D eigenvalue weighted by atomic mass is 10.1. The van der Waals surface area contributed by atoms with Gasteiger partial charge < -0.3 is 5.11 Å². The van der Waals surface area contributed by atoms with Gasteiger partial charge >= 0.3 is 5.97 Å². The molecule has 2 rings (SSSR count). The van der Waals surface area contributed by atoms with Gasteiger partial charge in [0.15, 0.2) is 5.82 Å². The monoisotopic (exact) mass is 309 g/mol. The van der Waals surface area contributed by atoms with Crippen molar-refractivity contribution in [3.8, 4) is 5.82 Å². The molecule has 0 amide bonds. The summed E-state index contributed by atoms with van der Waals surface area (Å²) in [5.74, 6) is -0.439. The molecule has 0 unspecified atom stereocenters. The van der Waals surface area contributed by atoms with Crippen LogP contribution in [0.25, 0.3) is 5.82 Å². The van der Waals surface area contributed by atoms with Crippen LogP contribution in [0.15, 0.2) is 29.0 Å². The molecule has 2 aromatic rings. The van der Waals surface area contributed by atoms with Crippen molar-refractivity contribution in [2.45, 2.75) is 19.8 Å². The first-order chi connectivity index (χ1) is 8.60. The van der Waals surface area contributed by atoms with E-state index >= 15 is 0 Å². The Bertz CT molecular complexity index is 580. The number of hydrogen-bond donors (Lipinski definition) is 1. The van der Waals surface area contributed by atoms with Crippen molar-refractivity contribution < 1.29 is 9.90 Å². The largest absolute Gasteiger partial charge is 0.478 e. The highest BCUT2D eigenvalue weighted by Gasteiger charge is 2.10. The minimum absolute atomic E-state index is 0.232. The average molecular weight is 310 g/mol. The van der Waals surface area contributed by atoms with Crippen LogP contribution in [-0.2, 0) is 6.42 Å². The number of aromatic carboxylic acids is 1. The van der Waals surface area contributed by atoms with Gasteiger partial charge in [0.2, 0.25) is 0 Å². The van der Waals surface area contributed by atoms with Gasteiger partial charge in [0, 0.05) is 11.9 Å². The molecule has 0 fully saturated rings. The van der Waals surface area contributed by atoms with Crippen LogP contribution >= 0.6 is 15.9 Å². The number of carboxylic acids is 1. The summed E-state index contributed by atoms with van der Waals surface area (Å²) in [6.45, 7) is 2.03. The zero-order valence-corrected chi connectivity index (χ0v) is 11.4. The molecule has 0 aliphatic carbocycles. The molecule has 0 spiro atoms. The van der Waals surface area contributed by atoms with E-state index < -0.39 is 5.97 Å². The Morgan fingerprint density at radius 1 is 1.50 bits per heavy atom. The molecule has 94 valence electrons. The third kappa shape index (κ3) is 2.76. The molecule has 1 N–H and O–H groups in total. The maximum absolute atomic E-state index is 11.1. The summed E-state index contributed by atoms with van der Waals surface area (Å²) in [4.78, 5) is 15.5. The molecular weight excluding hydrogens is 298 g/mol. The Labute approximate surface area is 113 Å². The normalized spacial score (nSPS) is 10.6. The van der Waals surface area contributed by atoms with Crippen LogP contribution in [0, 0.1) is 0 Å². The molecule has 0 atom stereocenters. The van der Waals surface area contributed by atoms with Crippen molar-refractivity contribution in [3.05, 3.63) is 40.3 Å². The van der Waals surface area contributed by atoms with E-state index in [1.165, 1.54) is 6.07 Å². The molecule has 0 saturated carbocycles.